The first kappa shape index (κ1) is 11.3. The summed E-state index contributed by atoms with van der Waals surface area (Å²) in [4.78, 5) is 18.8. The highest BCUT2D eigenvalue weighted by Crippen LogP contribution is 2.16. The highest BCUT2D eigenvalue weighted by molar-refractivity contribution is 7.89. The molecule has 0 atom stereocenters. The summed E-state index contributed by atoms with van der Waals surface area (Å²) in [6, 6.07) is 1.18. The number of sulfonamides is 1. The molecule has 2 heterocycles. The van der Waals surface area contributed by atoms with Crippen molar-refractivity contribution in [2.45, 2.75) is 17.7 Å². The lowest BCUT2D eigenvalue weighted by molar-refractivity contribution is -0.108. The van der Waals surface area contributed by atoms with E-state index in [-0.39, 0.29) is 11.4 Å². The van der Waals surface area contributed by atoms with Gasteiger partial charge < -0.3 is 4.98 Å². The van der Waals surface area contributed by atoms with Crippen molar-refractivity contribution in [3.8, 4) is 0 Å². The number of nitrogens with one attached hydrogen (secondary N) is 1. The summed E-state index contributed by atoms with van der Waals surface area (Å²) in [5, 5.41) is 0. The molecular formula is C9H12N2O4S. The number of hydroxylamine groups is 1. The number of hydrogen-bond donors (Lipinski definition) is 1. The Morgan fingerprint density at radius 2 is 2.19 bits per heavy atom. The smallest absolute Gasteiger partial charge is 0.270 e. The van der Waals surface area contributed by atoms with Gasteiger partial charge in [-0.15, -0.1) is 0 Å². The van der Waals surface area contributed by atoms with Gasteiger partial charge in [-0.1, -0.05) is 4.47 Å². The lowest BCUT2D eigenvalue weighted by Gasteiger charge is -2.24. The quantitative estimate of drug-likeness (QED) is 0.799. The molecule has 1 aliphatic heterocycles. The standard InChI is InChI=1S/C9H12N2O4S/c12-8-3-4-10-7-9(8)16(13,14)11-5-1-2-6-15-11/h3-4,7H,1-2,5-6H2,(H,10,12). The fraction of sp³-hybridized carbons (Fsp3) is 0.444. The molecule has 0 amide bonds. The monoisotopic (exact) mass is 244 g/mol. The third kappa shape index (κ3) is 2.01. The average molecular weight is 244 g/mol. The van der Waals surface area contributed by atoms with Crippen LogP contribution in [0.4, 0.5) is 0 Å². The molecule has 1 fully saturated rings. The molecule has 6 nitrogen and oxygen atoms in total. The maximum atomic E-state index is 12.0. The number of aromatic amines is 1. The molecule has 0 saturated carbocycles. The summed E-state index contributed by atoms with van der Waals surface area (Å²) in [6.45, 7) is 0.653. The van der Waals surface area contributed by atoms with Crippen LogP contribution in [0.25, 0.3) is 0 Å². The second-order valence-corrected chi connectivity index (χ2v) is 5.24. The van der Waals surface area contributed by atoms with Crippen LogP contribution in [0, 0.1) is 0 Å². The number of H-pyrrole nitrogens is 1. The van der Waals surface area contributed by atoms with Gasteiger partial charge in [0.05, 0.1) is 6.61 Å². The van der Waals surface area contributed by atoms with Crippen LogP contribution < -0.4 is 5.43 Å². The predicted octanol–water partition coefficient (Wildman–Crippen LogP) is 0.0910. The van der Waals surface area contributed by atoms with Gasteiger partial charge in [0.25, 0.3) is 10.0 Å². The molecule has 88 valence electrons. The lowest BCUT2D eigenvalue weighted by atomic mass is 10.3. The van der Waals surface area contributed by atoms with Crippen molar-refractivity contribution in [1.82, 2.24) is 9.45 Å². The molecule has 0 aromatic carbocycles. The first-order valence-corrected chi connectivity index (χ1v) is 6.39. The average Bonchev–Trinajstić information content (AvgIpc) is 2.30. The fourth-order valence-electron chi connectivity index (χ4n) is 1.48. The second-order valence-electron chi connectivity index (χ2n) is 3.44. The number of hydrogen-bond acceptors (Lipinski definition) is 4. The van der Waals surface area contributed by atoms with Gasteiger partial charge in [-0.2, -0.15) is 0 Å². The second kappa shape index (κ2) is 4.36. The number of nitrogens with zero attached hydrogens (tertiary/aromatic N) is 1. The molecule has 7 heteroatoms. The van der Waals surface area contributed by atoms with Crippen LogP contribution in [-0.2, 0) is 14.9 Å². The molecule has 1 aromatic rings. The highest BCUT2D eigenvalue weighted by atomic mass is 32.2. The normalized spacial score (nSPS) is 18.5. The molecule has 0 bridgehead atoms. The molecule has 0 aliphatic carbocycles. The Balaban J connectivity index is 2.39. The van der Waals surface area contributed by atoms with Crippen molar-refractivity contribution in [3.05, 3.63) is 28.7 Å². The maximum Gasteiger partial charge on any atom is 0.270 e. The van der Waals surface area contributed by atoms with E-state index in [0.29, 0.717) is 6.61 Å². The minimum atomic E-state index is -3.83. The third-order valence-electron chi connectivity index (χ3n) is 2.30. The van der Waals surface area contributed by atoms with Gasteiger partial charge in [-0.3, -0.25) is 9.63 Å². The predicted molar refractivity (Wildman–Crippen MR) is 56.1 cm³/mol. The van der Waals surface area contributed by atoms with Crippen molar-refractivity contribution in [2.75, 3.05) is 13.2 Å². The van der Waals surface area contributed by atoms with Gasteiger partial charge in [0, 0.05) is 25.0 Å². The Labute approximate surface area is 92.9 Å². The summed E-state index contributed by atoms with van der Waals surface area (Å²) in [5.41, 5.74) is -0.534. The third-order valence-corrected chi connectivity index (χ3v) is 4.00. The van der Waals surface area contributed by atoms with E-state index in [0.717, 1.165) is 17.3 Å². The largest absolute Gasteiger partial charge is 0.366 e. The van der Waals surface area contributed by atoms with Crippen LogP contribution in [0.2, 0.25) is 0 Å². The van der Waals surface area contributed by atoms with E-state index in [9.17, 15) is 13.2 Å². The van der Waals surface area contributed by atoms with Crippen LogP contribution in [0.3, 0.4) is 0 Å². The Morgan fingerprint density at radius 1 is 1.38 bits per heavy atom. The van der Waals surface area contributed by atoms with Crippen LogP contribution in [0.1, 0.15) is 12.8 Å². The molecular weight excluding hydrogens is 232 g/mol. The Hall–Kier alpha value is -1.18. The summed E-state index contributed by atoms with van der Waals surface area (Å²) >= 11 is 0. The van der Waals surface area contributed by atoms with Crippen molar-refractivity contribution < 1.29 is 13.3 Å². The van der Waals surface area contributed by atoms with Gasteiger partial charge in [0.1, 0.15) is 4.90 Å². The van der Waals surface area contributed by atoms with Crippen molar-refractivity contribution in [2.24, 2.45) is 0 Å². The zero-order valence-corrected chi connectivity index (χ0v) is 9.37. The van der Waals surface area contributed by atoms with Crippen LogP contribution in [0.5, 0.6) is 0 Å². The number of pyridine rings is 1. The maximum absolute atomic E-state index is 12.0. The minimum absolute atomic E-state index is 0.281. The van der Waals surface area contributed by atoms with E-state index in [2.05, 4.69) is 4.98 Å². The van der Waals surface area contributed by atoms with E-state index in [1.54, 1.807) is 0 Å². The van der Waals surface area contributed by atoms with E-state index in [4.69, 9.17) is 4.84 Å². The topological polar surface area (TPSA) is 79.5 Å². The lowest BCUT2D eigenvalue weighted by Crippen LogP contribution is -2.37. The number of rotatable bonds is 2. The van der Waals surface area contributed by atoms with E-state index >= 15 is 0 Å². The van der Waals surface area contributed by atoms with Gasteiger partial charge in [-0.25, -0.2) is 8.42 Å². The first-order chi connectivity index (χ1) is 7.62. The number of aromatic nitrogens is 1. The Morgan fingerprint density at radius 3 is 2.81 bits per heavy atom. The molecule has 1 saturated heterocycles. The van der Waals surface area contributed by atoms with Crippen molar-refractivity contribution in [3.63, 3.8) is 0 Å². The van der Waals surface area contributed by atoms with Crippen LogP contribution in [0.15, 0.2) is 28.2 Å². The summed E-state index contributed by atoms with van der Waals surface area (Å²) in [5.74, 6) is 0. The summed E-state index contributed by atoms with van der Waals surface area (Å²) in [7, 11) is -3.83. The molecule has 1 aromatic heterocycles. The van der Waals surface area contributed by atoms with Gasteiger partial charge >= 0.3 is 0 Å². The van der Waals surface area contributed by atoms with Gasteiger partial charge in [0.15, 0.2) is 0 Å². The zero-order valence-electron chi connectivity index (χ0n) is 8.55. The van der Waals surface area contributed by atoms with Crippen molar-refractivity contribution >= 4 is 10.0 Å². The van der Waals surface area contributed by atoms with Crippen molar-refractivity contribution in [1.29, 1.82) is 0 Å². The zero-order chi connectivity index (χ0) is 11.6. The van der Waals surface area contributed by atoms with E-state index in [1.165, 1.54) is 18.5 Å². The van der Waals surface area contributed by atoms with Crippen LogP contribution >= 0.6 is 0 Å². The van der Waals surface area contributed by atoms with E-state index in [1.807, 2.05) is 0 Å². The summed E-state index contributed by atoms with van der Waals surface area (Å²) in [6.07, 6.45) is 4.13. The molecule has 16 heavy (non-hydrogen) atoms. The Bertz CT molecular complexity index is 516. The molecule has 2 rings (SSSR count). The fourth-order valence-corrected chi connectivity index (χ4v) is 2.82. The Kier molecular flexibility index (Phi) is 3.08. The first-order valence-electron chi connectivity index (χ1n) is 4.95. The van der Waals surface area contributed by atoms with Gasteiger partial charge in [-0.05, 0) is 12.8 Å². The molecule has 1 N–H and O–H groups in total. The molecule has 0 unspecified atom stereocenters. The van der Waals surface area contributed by atoms with Crippen LogP contribution in [-0.4, -0.2) is 31.0 Å². The molecule has 1 aliphatic rings. The SMILES string of the molecule is O=c1cc[nH]cc1S(=O)(=O)N1CCCCO1. The summed E-state index contributed by atoms with van der Waals surface area (Å²) < 4.78 is 24.9. The molecule has 0 radical (unpaired) electrons. The van der Waals surface area contributed by atoms with E-state index < -0.39 is 15.5 Å². The molecule has 0 spiro atoms. The van der Waals surface area contributed by atoms with Gasteiger partial charge in [0.2, 0.25) is 5.43 Å². The minimum Gasteiger partial charge on any atom is -0.366 e. The highest BCUT2D eigenvalue weighted by Gasteiger charge is 2.29.